The van der Waals surface area contributed by atoms with Crippen LogP contribution in [-0.4, -0.2) is 49.6 Å². The summed E-state index contributed by atoms with van der Waals surface area (Å²) in [6.07, 6.45) is 0.970. The van der Waals surface area contributed by atoms with Gasteiger partial charge in [0.25, 0.3) is 0 Å². The minimum absolute atomic E-state index is 0.00734. The highest BCUT2D eigenvalue weighted by Gasteiger charge is 2.11. The summed E-state index contributed by atoms with van der Waals surface area (Å²) < 4.78 is 0. The van der Waals surface area contributed by atoms with Crippen LogP contribution < -0.4 is 11.1 Å². The maximum absolute atomic E-state index is 12.2. The van der Waals surface area contributed by atoms with Crippen LogP contribution in [0.2, 0.25) is 0 Å². The third-order valence-electron chi connectivity index (χ3n) is 3.39. The summed E-state index contributed by atoms with van der Waals surface area (Å²) in [5, 5.41) is 2.93. The van der Waals surface area contributed by atoms with Gasteiger partial charge in [-0.2, -0.15) is 0 Å². The van der Waals surface area contributed by atoms with Gasteiger partial charge in [-0.05, 0) is 58.6 Å². The predicted molar refractivity (Wildman–Crippen MR) is 88.5 cm³/mol. The van der Waals surface area contributed by atoms with Crippen molar-refractivity contribution in [2.24, 2.45) is 5.73 Å². The van der Waals surface area contributed by atoms with Crippen LogP contribution in [0.5, 0.6) is 0 Å². The summed E-state index contributed by atoms with van der Waals surface area (Å²) in [6.45, 7) is 6.38. The Hall–Kier alpha value is -1.59. The number of nitrogens with zero attached hydrogens (tertiary/aromatic N) is 2. The molecule has 0 saturated heterocycles. The van der Waals surface area contributed by atoms with Crippen molar-refractivity contribution in [3.05, 3.63) is 29.8 Å². The average Bonchev–Trinajstić information content (AvgIpc) is 2.43. The third-order valence-corrected chi connectivity index (χ3v) is 3.39. The van der Waals surface area contributed by atoms with Crippen LogP contribution in [0.4, 0.5) is 10.5 Å². The fourth-order valence-corrected chi connectivity index (χ4v) is 2.05. The summed E-state index contributed by atoms with van der Waals surface area (Å²) in [4.78, 5) is 16.2. The Morgan fingerprint density at radius 1 is 1.24 bits per heavy atom. The van der Waals surface area contributed by atoms with Gasteiger partial charge in [0.05, 0.1) is 0 Å². The Bertz CT molecular complexity index is 428. The number of carbonyl (C=O) groups is 1. The number of benzene rings is 1. The molecule has 2 amide bonds. The Morgan fingerprint density at radius 2 is 1.86 bits per heavy atom. The Balaban J connectivity index is 2.53. The zero-order chi connectivity index (χ0) is 15.8. The van der Waals surface area contributed by atoms with Crippen LogP contribution in [0, 0.1) is 0 Å². The molecule has 0 fully saturated rings. The van der Waals surface area contributed by atoms with E-state index < -0.39 is 0 Å². The van der Waals surface area contributed by atoms with E-state index in [4.69, 9.17) is 5.73 Å². The quantitative estimate of drug-likeness (QED) is 0.811. The SMILES string of the molecule is CCN(CCCN(C)C)C(=O)Nc1ccc(C(C)N)cc1. The molecule has 1 aromatic rings. The van der Waals surface area contributed by atoms with Gasteiger partial charge in [0, 0.05) is 24.8 Å². The van der Waals surface area contributed by atoms with Crippen molar-refractivity contribution in [3.8, 4) is 0 Å². The van der Waals surface area contributed by atoms with E-state index in [2.05, 4.69) is 10.2 Å². The second-order valence-corrected chi connectivity index (χ2v) is 5.58. The minimum Gasteiger partial charge on any atom is -0.325 e. The zero-order valence-corrected chi connectivity index (χ0v) is 13.6. The maximum atomic E-state index is 12.2. The van der Waals surface area contributed by atoms with Gasteiger partial charge in [-0.1, -0.05) is 12.1 Å². The van der Waals surface area contributed by atoms with Gasteiger partial charge in [-0.3, -0.25) is 0 Å². The van der Waals surface area contributed by atoms with Crippen molar-refractivity contribution >= 4 is 11.7 Å². The smallest absolute Gasteiger partial charge is 0.321 e. The van der Waals surface area contributed by atoms with Crippen molar-refractivity contribution in [2.75, 3.05) is 39.0 Å². The van der Waals surface area contributed by atoms with Crippen LogP contribution in [-0.2, 0) is 0 Å². The molecule has 5 nitrogen and oxygen atoms in total. The largest absolute Gasteiger partial charge is 0.325 e. The van der Waals surface area contributed by atoms with Crippen molar-refractivity contribution < 1.29 is 4.79 Å². The van der Waals surface area contributed by atoms with E-state index in [1.165, 1.54) is 0 Å². The third kappa shape index (κ3) is 6.14. The summed E-state index contributed by atoms with van der Waals surface area (Å²) in [6, 6.07) is 7.64. The molecule has 0 saturated carbocycles. The van der Waals surface area contributed by atoms with E-state index in [1.54, 1.807) is 0 Å². The summed E-state index contributed by atoms with van der Waals surface area (Å²) in [5.41, 5.74) is 7.68. The van der Waals surface area contributed by atoms with Gasteiger partial charge in [0.15, 0.2) is 0 Å². The van der Waals surface area contributed by atoms with E-state index >= 15 is 0 Å². The van der Waals surface area contributed by atoms with Crippen molar-refractivity contribution in [1.82, 2.24) is 9.80 Å². The molecule has 1 aromatic carbocycles. The lowest BCUT2D eigenvalue weighted by molar-refractivity contribution is 0.211. The summed E-state index contributed by atoms with van der Waals surface area (Å²) in [7, 11) is 4.08. The molecule has 118 valence electrons. The number of nitrogens with two attached hydrogens (primary N) is 1. The van der Waals surface area contributed by atoms with E-state index in [0.29, 0.717) is 6.54 Å². The standard InChI is InChI=1S/C16H28N4O/c1-5-20(12-6-11-19(3)4)16(21)18-15-9-7-14(8-10-15)13(2)17/h7-10,13H,5-6,11-12,17H2,1-4H3,(H,18,21). The monoisotopic (exact) mass is 292 g/mol. The fourth-order valence-electron chi connectivity index (χ4n) is 2.05. The molecule has 0 aliphatic heterocycles. The molecule has 0 radical (unpaired) electrons. The number of hydrogen-bond donors (Lipinski definition) is 2. The number of anilines is 1. The summed E-state index contributed by atoms with van der Waals surface area (Å²) >= 11 is 0. The molecule has 0 aromatic heterocycles. The maximum Gasteiger partial charge on any atom is 0.321 e. The van der Waals surface area contributed by atoms with Gasteiger partial charge in [0.1, 0.15) is 0 Å². The van der Waals surface area contributed by atoms with Crippen LogP contribution in [0.15, 0.2) is 24.3 Å². The number of urea groups is 1. The topological polar surface area (TPSA) is 61.6 Å². The lowest BCUT2D eigenvalue weighted by Gasteiger charge is -2.22. The molecule has 5 heteroatoms. The molecular weight excluding hydrogens is 264 g/mol. The van der Waals surface area contributed by atoms with E-state index in [1.807, 2.05) is 57.1 Å². The second-order valence-electron chi connectivity index (χ2n) is 5.58. The van der Waals surface area contributed by atoms with Gasteiger partial charge < -0.3 is 20.9 Å². The highest BCUT2D eigenvalue weighted by atomic mass is 16.2. The van der Waals surface area contributed by atoms with Crippen LogP contribution in [0.1, 0.15) is 31.9 Å². The molecule has 0 spiro atoms. The number of amides is 2. The number of nitrogens with one attached hydrogen (secondary N) is 1. The molecule has 1 unspecified atom stereocenters. The zero-order valence-electron chi connectivity index (χ0n) is 13.6. The van der Waals surface area contributed by atoms with Crippen molar-refractivity contribution in [3.63, 3.8) is 0 Å². The number of carbonyl (C=O) groups excluding carboxylic acids is 1. The molecule has 0 aliphatic rings. The first-order valence-electron chi connectivity index (χ1n) is 7.50. The van der Waals surface area contributed by atoms with Gasteiger partial charge in [-0.25, -0.2) is 4.79 Å². The van der Waals surface area contributed by atoms with Crippen LogP contribution in [0.25, 0.3) is 0 Å². The number of rotatable bonds is 7. The molecule has 0 bridgehead atoms. The molecule has 3 N–H and O–H groups in total. The first-order chi connectivity index (χ1) is 9.93. The molecule has 0 heterocycles. The second kappa shape index (κ2) is 8.64. The molecule has 1 atom stereocenters. The first-order valence-corrected chi connectivity index (χ1v) is 7.50. The normalized spacial score (nSPS) is 12.3. The summed E-state index contributed by atoms with van der Waals surface area (Å²) in [5.74, 6) is 0. The Labute approximate surface area is 128 Å². The van der Waals surface area contributed by atoms with E-state index in [0.717, 1.165) is 30.8 Å². The predicted octanol–water partition coefficient (Wildman–Crippen LogP) is 2.51. The van der Waals surface area contributed by atoms with Crippen molar-refractivity contribution in [1.29, 1.82) is 0 Å². The van der Waals surface area contributed by atoms with Crippen LogP contribution >= 0.6 is 0 Å². The van der Waals surface area contributed by atoms with Crippen LogP contribution in [0.3, 0.4) is 0 Å². The highest BCUT2D eigenvalue weighted by Crippen LogP contribution is 2.14. The van der Waals surface area contributed by atoms with E-state index in [9.17, 15) is 4.79 Å². The molecule has 1 rings (SSSR count). The van der Waals surface area contributed by atoms with E-state index in [-0.39, 0.29) is 12.1 Å². The lowest BCUT2D eigenvalue weighted by Crippen LogP contribution is -2.36. The highest BCUT2D eigenvalue weighted by molar-refractivity contribution is 5.89. The Kier molecular flexibility index (Phi) is 7.19. The number of hydrogen-bond acceptors (Lipinski definition) is 3. The molecule has 21 heavy (non-hydrogen) atoms. The first kappa shape index (κ1) is 17.5. The minimum atomic E-state index is -0.0511. The van der Waals surface area contributed by atoms with Gasteiger partial charge in [-0.15, -0.1) is 0 Å². The van der Waals surface area contributed by atoms with Crippen molar-refractivity contribution in [2.45, 2.75) is 26.3 Å². The van der Waals surface area contributed by atoms with Gasteiger partial charge >= 0.3 is 6.03 Å². The Morgan fingerprint density at radius 3 is 2.33 bits per heavy atom. The fraction of sp³-hybridized carbons (Fsp3) is 0.562. The molecular formula is C16H28N4O. The average molecular weight is 292 g/mol. The molecule has 0 aliphatic carbocycles. The lowest BCUT2D eigenvalue weighted by atomic mass is 10.1. The van der Waals surface area contributed by atoms with Gasteiger partial charge in [0.2, 0.25) is 0 Å².